The van der Waals surface area contributed by atoms with Crippen molar-refractivity contribution in [3.05, 3.63) is 34.5 Å². The number of anilines is 1. The highest BCUT2D eigenvalue weighted by atomic mass is 16.5. The fraction of sp³-hybridized carbons (Fsp3) is 0.500. The highest BCUT2D eigenvalue weighted by Gasteiger charge is 2.21. The molecule has 0 aliphatic heterocycles. The van der Waals surface area contributed by atoms with E-state index in [0.717, 1.165) is 4.57 Å². The Kier molecular flexibility index (Phi) is 4.77. The van der Waals surface area contributed by atoms with Gasteiger partial charge in [0.25, 0.3) is 5.56 Å². The first-order chi connectivity index (χ1) is 10.8. The number of aliphatic carboxylic acids is 1. The molecule has 124 valence electrons. The smallest absolute Gasteiger partial charge is 0.323 e. The van der Waals surface area contributed by atoms with Gasteiger partial charge in [-0.25, -0.2) is 4.98 Å². The third kappa shape index (κ3) is 4.38. The molecule has 0 amide bonds. The van der Waals surface area contributed by atoms with Gasteiger partial charge in [-0.3, -0.25) is 14.2 Å². The van der Waals surface area contributed by atoms with Crippen LogP contribution in [-0.2, 0) is 23.2 Å². The predicted octanol–water partition coefficient (Wildman–Crippen LogP) is 0.663. The molecule has 0 atom stereocenters. The Morgan fingerprint density at radius 3 is 2.78 bits per heavy atom. The van der Waals surface area contributed by atoms with E-state index in [1.165, 1.54) is 12.4 Å². The Morgan fingerprint density at radius 2 is 2.17 bits per heavy atom. The van der Waals surface area contributed by atoms with Gasteiger partial charge >= 0.3 is 5.97 Å². The van der Waals surface area contributed by atoms with Crippen LogP contribution in [0.25, 0.3) is 0 Å². The van der Waals surface area contributed by atoms with Crippen LogP contribution < -0.4 is 10.9 Å². The number of carbonyl (C=O) groups is 1. The van der Waals surface area contributed by atoms with Crippen LogP contribution in [0.3, 0.4) is 0 Å². The first-order valence-electron chi connectivity index (χ1n) is 7.11. The van der Waals surface area contributed by atoms with E-state index in [1.54, 1.807) is 0 Å². The van der Waals surface area contributed by atoms with E-state index in [1.807, 2.05) is 20.8 Å². The maximum absolute atomic E-state index is 12.0. The van der Waals surface area contributed by atoms with Crippen molar-refractivity contribution >= 4 is 11.8 Å². The van der Waals surface area contributed by atoms with Crippen LogP contribution in [0.1, 0.15) is 32.5 Å². The monoisotopic (exact) mass is 321 g/mol. The van der Waals surface area contributed by atoms with Crippen LogP contribution >= 0.6 is 0 Å². The summed E-state index contributed by atoms with van der Waals surface area (Å²) in [4.78, 5) is 30.9. The molecule has 2 aromatic heterocycles. The summed E-state index contributed by atoms with van der Waals surface area (Å²) in [5, 5.41) is 15.5. The standard InChI is InChI=1S/C14H19N5O4/c1-14(2,3)13-17-9(18-23-13)4-5-15-11-12(22)19(7-6-16-11)8-10(20)21/h6-7H,4-5,8H2,1-3H3,(H,15,16)(H,20,21). The lowest BCUT2D eigenvalue weighted by atomic mass is 9.97. The zero-order valence-corrected chi connectivity index (χ0v) is 13.2. The van der Waals surface area contributed by atoms with Gasteiger partial charge in [-0.1, -0.05) is 25.9 Å². The second-order valence-corrected chi connectivity index (χ2v) is 6.05. The zero-order chi connectivity index (χ0) is 17.0. The van der Waals surface area contributed by atoms with Crippen LogP contribution in [-0.4, -0.2) is 37.3 Å². The number of carboxylic acids is 1. The average Bonchev–Trinajstić information content (AvgIpc) is 2.91. The fourth-order valence-corrected chi connectivity index (χ4v) is 1.79. The van der Waals surface area contributed by atoms with E-state index >= 15 is 0 Å². The minimum absolute atomic E-state index is 0.0910. The van der Waals surface area contributed by atoms with Crippen LogP contribution in [0.2, 0.25) is 0 Å². The number of hydrogen-bond acceptors (Lipinski definition) is 7. The largest absolute Gasteiger partial charge is 0.480 e. The molecule has 2 heterocycles. The number of rotatable bonds is 6. The molecule has 0 saturated heterocycles. The van der Waals surface area contributed by atoms with E-state index in [4.69, 9.17) is 9.63 Å². The van der Waals surface area contributed by atoms with Gasteiger partial charge in [0, 0.05) is 30.8 Å². The molecule has 0 aliphatic rings. The van der Waals surface area contributed by atoms with E-state index in [9.17, 15) is 9.59 Å². The van der Waals surface area contributed by atoms with Gasteiger partial charge in [-0.05, 0) is 0 Å². The summed E-state index contributed by atoms with van der Waals surface area (Å²) in [6.45, 7) is 5.89. The van der Waals surface area contributed by atoms with Crippen molar-refractivity contribution in [2.45, 2.75) is 39.2 Å². The summed E-state index contributed by atoms with van der Waals surface area (Å²) < 4.78 is 6.26. The summed E-state index contributed by atoms with van der Waals surface area (Å²) in [7, 11) is 0. The van der Waals surface area contributed by atoms with Gasteiger partial charge < -0.3 is 14.9 Å². The van der Waals surface area contributed by atoms with Gasteiger partial charge in [0.2, 0.25) is 5.89 Å². The SMILES string of the molecule is CC(C)(C)c1nc(CCNc2nccn(CC(=O)O)c2=O)no1. The topological polar surface area (TPSA) is 123 Å². The quantitative estimate of drug-likeness (QED) is 0.795. The van der Waals surface area contributed by atoms with Gasteiger partial charge in [0.05, 0.1) is 0 Å². The molecule has 0 radical (unpaired) electrons. The van der Waals surface area contributed by atoms with Crippen molar-refractivity contribution < 1.29 is 14.4 Å². The van der Waals surface area contributed by atoms with Crippen molar-refractivity contribution in [2.24, 2.45) is 0 Å². The van der Waals surface area contributed by atoms with E-state index in [2.05, 4.69) is 20.4 Å². The molecule has 0 fully saturated rings. The Balaban J connectivity index is 1.98. The molecule has 0 spiro atoms. The summed E-state index contributed by atoms with van der Waals surface area (Å²) in [6, 6.07) is 0. The minimum Gasteiger partial charge on any atom is -0.480 e. The first kappa shape index (κ1) is 16.7. The number of carboxylic acid groups (broad SMARTS) is 1. The molecule has 0 unspecified atom stereocenters. The predicted molar refractivity (Wildman–Crippen MR) is 81.3 cm³/mol. The molecular formula is C14H19N5O4. The van der Waals surface area contributed by atoms with Crippen molar-refractivity contribution in [3.63, 3.8) is 0 Å². The molecule has 0 bridgehead atoms. The molecule has 2 rings (SSSR count). The van der Waals surface area contributed by atoms with Crippen LogP contribution in [0.4, 0.5) is 5.82 Å². The first-order valence-corrected chi connectivity index (χ1v) is 7.11. The van der Waals surface area contributed by atoms with Gasteiger partial charge in [0.1, 0.15) is 6.54 Å². The van der Waals surface area contributed by atoms with E-state index in [-0.39, 0.29) is 11.2 Å². The Morgan fingerprint density at radius 1 is 1.43 bits per heavy atom. The van der Waals surface area contributed by atoms with Crippen molar-refractivity contribution in [2.75, 3.05) is 11.9 Å². The van der Waals surface area contributed by atoms with E-state index < -0.39 is 18.1 Å². The maximum atomic E-state index is 12.0. The van der Waals surface area contributed by atoms with Crippen molar-refractivity contribution in [3.8, 4) is 0 Å². The van der Waals surface area contributed by atoms with Crippen LogP contribution in [0, 0.1) is 0 Å². The minimum atomic E-state index is -1.09. The highest BCUT2D eigenvalue weighted by molar-refractivity contribution is 5.66. The molecule has 0 saturated carbocycles. The van der Waals surface area contributed by atoms with Crippen LogP contribution in [0.5, 0.6) is 0 Å². The fourth-order valence-electron chi connectivity index (χ4n) is 1.79. The zero-order valence-electron chi connectivity index (χ0n) is 13.2. The summed E-state index contributed by atoms with van der Waals surface area (Å²) >= 11 is 0. The Labute approximate surface area is 132 Å². The third-order valence-corrected chi connectivity index (χ3v) is 2.97. The lowest BCUT2D eigenvalue weighted by molar-refractivity contribution is -0.137. The highest BCUT2D eigenvalue weighted by Crippen LogP contribution is 2.19. The summed E-state index contributed by atoms with van der Waals surface area (Å²) in [5.41, 5.74) is -0.706. The number of hydrogen-bond donors (Lipinski definition) is 2. The molecule has 0 aromatic carbocycles. The van der Waals surface area contributed by atoms with Gasteiger partial charge in [0.15, 0.2) is 11.6 Å². The molecule has 2 N–H and O–H groups in total. The second-order valence-electron chi connectivity index (χ2n) is 6.05. The molecule has 23 heavy (non-hydrogen) atoms. The Hall–Kier alpha value is -2.71. The maximum Gasteiger partial charge on any atom is 0.323 e. The lowest BCUT2D eigenvalue weighted by Gasteiger charge is -2.10. The summed E-state index contributed by atoms with van der Waals surface area (Å²) in [6.07, 6.45) is 3.16. The van der Waals surface area contributed by atoms with Gasteiger partial charge in [-0.15, -0.1) is 0 Å². The molecule has 9 heteroatoms. The number of nitrogens with zero attached hydrogens (tertiary/aromatic N) is 4. The average molecular weight is 321 g/mol. The van der Waals surface area contributed by atoms with Gasteiger partial charge in [-0.2, -0.15) is 4.98 Å². The molecule has 2 aromatic rings. The molecule has 0 aliphatic carbocycles. The van der Waals surface area contributed by atoms with Crippen molar-refractivity contribution in [1.29, 1.82) is 0 Å². The summed E-state index contributed by atoms with van der Waals surface area (Å²) in [5.74, 6) is 0.0809. The lowest BCUT2D eigenvalue weighted by Crippen LogP contribution is -2.27. The molecular weight excluding hydrogens is 302 g/mol. The molecule has 9 nitrogen and oxygen atoms in total. The Bertz CT molecular complexity index is 744. The normalized spacial score (nSPS) is 11.4. The third-order valence-electron chi connectivity index (χ3n) is 2.97. The van der Waals surface area contributed by atoms with Crippen molar-refractivity contribution in [1.82, 2.24) is 19.7 Å². The van der Waals surface area contributed by atoms with E-state index in [0.29, 0.717) is 24.7 Å². The second kappa shape index (κ2) is 6.59. The van der Waals surface area contributed by atoms with Crippen LogP contribution in [0.15, 0.2) is 21.7 Å². The number of aromatic nitrogens is 4. The number of nitrogens with one attached hydrogen (secondary N) is 1.